The molecule has 2 amide bonds. The lowest BCUT2D eigenvalue weighted by Gasteiger charge is -2.13. The van der Waals surface area contributed by atoms with Crippen LogP contribution in [0.15, 0.2) is 36.5 Å². The van der Waals surface area contributed by atoms with Gasteiger partial charge in [-0.3, -0.25) is 5.32 Å². The lowest BCUT2D eigenvalue weighted by Crippen LogP contribution is -2.34. The van der Waals surface area contributed by atoms with E-state index < -0.39 is 17.8 Å². The maximum atomic E-state index is 12.9. The molecular weight excluding hydrogens is 357 g/mol. The molecule has 3 N–H and O–H groups in total. The summed E-state index contributed by atoms with van der Waals surface area (Å²) in [5.41, 5.74) is -0.238. The number of rotatable bonds is 4. The van der Waals surface area contributed by atoms with E-state index >= 15 is 0 Å². The SMILES string of the molecule is CC(C)NC(=O)Nc1ccc(Nc2ccc(Cl)c(C(F)(F)F)c2)cn1. The molecule has 25 heavy (non-hydrogen) atoms. The fraction of sp³-hybridized carbons (Fsp3) is 0.250. The molecule has 9 heteroatoms. The number of urea groups is 1. The summed E-state index contributed by atoms with van der Waals surface area (Å²) in [6.07, 6.45) is -3.14. The van der Waals surface area contributed by atoms with Crippen molar-refractivity contribution >= 4 is 34.8 Å². The van der Waals surface area contributed by atoms with E-state index in [1.54, 1.807) is 6.07 Å². The molecule has 0 spiro atoms. The van der Waals surface area contributed by atoms with Gasteiger partial charge in [0.15, 0.2) is 0 Å². The third-order valence-corrected chi connectivity index (χ3v) is 3.31. The van der Waals surface area contributed by atoms with Crippen molar-refractivity contribution < 1.29 is 18.0 Å². The molecule has 1 aromatic carbocycles. The van der Waals surface area contributed by atoms with Gasteiger partial charge in [-0.2, -0.15) is 13.2 Å². The summed E-state index contributed by atoms with van der Waals surface area (Å²) in [6, 6.07) is 6.23. The second-order valence-electron chi connectivity index (χ2n) is 5.50. The van der Waals surface area contributed by atoms with Gasteiger partial charge in [0.2, 0.25) is 0 Å². The number of nitrogens with one attached hydrogen (secondary N) is 3. The largest absolute Gasteiger partial charge is 0.417 e. The zero-order valence-corrected chi connectivity index (χ0v) is 14.2. The van der Waals surface area contributed by atoms with Crippen molar-refractivity contribution in [2.75, 3.05) is 10.6 Å². The van der Waals surface area contributed by atoms with Gasteiger partial charge in [0.1, 0.15) is 5.82 Å². The highest BCUT2D eigenvalue weighted by atomic mass is 35.5. The molecule has 0 saturated heterocycles. The molecule has 0 radical (unpaired) electrons. The Morgan fingerprint density at radius 2 is 1.84 bits per heavy atom. The third kappa shape index (κ3) is 5.53. The summed E-state index contributed by atoms with van der Waals surface area (Å²) in [7, 11) is 0. The summed E-state index contributed by atoms with van der Waals surface area (Å²) in [6.45, 7) is 3.64. The van der Waals surface area contributed by atoms with Gasteiger partial charge in [-0.15, -0.1) is 0 Å². The number of anilines is 3. The van der Waals surface area contributed by atoms with Crippen molar-refractivity contribution in [3.63, 3.8) is 0 Å². The minimum absolute atomic E-state index is 0.0197. The lowest BCUT2D eigenvalue weighted by molar-refractivity contribution is -0.137. The predicted octanol–water partition coefficient (Wildman–Crippen LogP) is 5.03. The minimum Gasteiger partial charge on any atom is -0.354 e. The van der Waals surface area contributed by atoms with Crippen LogP contribution in [-0.2, 0) is 6.18 Å². The molecule has 2 rings (SSSR count). The second kappa shape index (κ2) is 7.60. The third-order valence-electron chi connectivity index (χ3n) is 2.99. The number of nitrogens with zero attached hydrogens (tertiary/aromatic N) is 1. The zero-order chi connectivity index (χ0) is 18.6. The van der Waals surface area contributed by atoms with Crippen LogP contribution in [0.25, 0.3) is 0 Å². The Labute approximate surface area is 147 Å². The quantitative estimate of drug-likeness (QED) is 0.705. The Morgan fingerprint density at radius 3 is 2.40 bits per heavy atom. The van der Waals surface area contributed by atoms with Crippen LogP contribution in [-0.4, -0.2) is 17.1 Å². The first-order valence-corrected chi connectivity index (χ1v) is 7.70. The van der Waals surface area contributed by atoms with Crippen LogP contribution in [0.1, 0.15) is 19.4 Å². The maximum Gasteiger partial charge on any atom is 0.417 e. The Morgan fingerprint density at radius 1 is 1.16 bits per heavy atom. The highest BCUT2D eigenvalue weighted by Crippen LogP contribution is 2.36. The molecule has 0 bridgehead atoms. The summed E-state index contributed by atoms with van der Waals surface area (Å²) >= 11 is 5.58. The summed E-state index contributed by atoms with van der Waals surface area (Å²) < 4.78 is 38.6. The Bertz CT molecular complexity index is 748. The number of carbonyl (C=O) groups is 1. The number of halogens is 4. The number of aromatic nitrogens is 1. The Balaban J connectivity index is 2.08. The molecule has 5 nitrogen and oxygen atoms in total. The van der Waals surface area contributed by atoms with Crippen molar-refractivity contribution in [1.29, 1.82) is 0 Å². The van der Waals surface area contributed by atoms with Gasteiger partial charge in [-0.05, 0) is 44.2 Å². The van der Waals surface area contributed by atoms with Crippen molar-refractivity contribution in [2.45, 2.75) is 26.1 Å². The molecule has 0 unspecified atom stereocenters. The van der Waals surface area contributed by atoms with Crippen LogP contribution < -0.4 is 16.0 Å². The average Bonchev–Trinajstić information content (AvgIpc) is 2.49. The van der Waals surface area contributed by atoms with Gasteiger partial charge in [0.05, 0.1) is 22.5 Å². The standard InChI is InChI=1S/C16H16ClF3N4O/c1-9(2)22-15(25)24-14-6-4-11(8-21-14)23-10-3-5-13(17)12(7-10)16(18,19)20/h3-9,23H,1-2H3,(H2,21,22,24,25). The number of hydrogen-bond acceptors (Lipinski definition) is 3. The monoisotopic (exact) mass is 372 g/mol. The zero-order valence-electron chi connectivity index (χ0n) is 13.4. The molecule has 2 aromatic rings. The number of carbonyl (C=O) groups excluding carboxylic acids is 1. The van der Waals surface area contributed by atoms with E-state index in [9.17, 15) is 18.0 Å². The molecular formula is C16H16ClF3N4O. The fourth-order valence-electron chi connectivity index (χ4n) is 1.94. The van der Waals surface area contributed by atoms with Gasteiger partial charge in [0.25, 0.3) is 0 Å². The van der Waals surface area contributed by atoms with E-state index in [1.807, 2.05) is 13.8 Å². The summed E-state index contributed by atoms with van der Waals surface area (Å²) in [5, 5.41) is 7.63. The summed E-state index contributed by atoms with van der Waals surface area (Å²) in [5.74, 6) is 0.316. The molecule has 0 aliphatic rings. The number of pyridine rings is 1. The number of benzene rings is 1. The first-order chi connectivity index (χ1) is 11.6. The first-order valence-electron chi connectivity index (χ1n) is 7.32. The molecule has 134 valence electrons. The predicted molar refractivity (Wildman–Crippen MR) is 91.3 cm³/mol. The molecule has 1 aromatic heterocycles. The number of hydrogen-bond donors (Lipinski definition) is 3. The smallest absolute Gasteiger partial charge is 0.354 e. The van der Waals surface area contributed by atoms with Crippen LogP contribution in [0.4, 0.5) is 35.2 Å². The molecule has 0 aliphatic heterocycles. The maximum absolute atomic E-state index is 12.9. The molecule has 0 aliphatic carbocycles. The van der Waals surface area contributed by atoms with E-state index in [2.05, 4.69) is 20.9 Å². The highest BCUT2D eigenvalue weighted by Gasteiger charge is 2.33. The van der Waals surface area contributed by atoms with E-state index in [4.69, 9.17) is 11.6 Å². The van der Waals surface area contributed by atoms with Gasteiger partial charge >= 0.3 is 12.2 Å². The average molecular weight is 373 g/mol. The van der Waals surface area contributed by atoms with Crippen LogP contribution in [0, 0.1) is 0 Å². The first kappa shape index (κ1) is 18.9. The molecule has 1 heterocycles. The Hall–Kier alpha value is -2.48. The van der Waals surface area contributed by atoms with Gasteiger partial charge in [-0.25, -0.2) is 9.78 Å². The van der Waals surface area contributed by atoms with Crippen LogP contribution in [0.5, 0.6) is 0 Å². The van der Waals surface area contributed by atoms with Crippen LogP contribution in [0.3, 0.4) is 0 Å². The molecule has 0 fully saturated rings. The van der Waals surface area contributed by atoms with Crippen LogP contribution in [0.2, 0.25) is 5.02 Å². The number of amides is 2. The second-order valence-corrected chi connectivity index (χ2v) is 5.91. The van der Waals surface area contributed by atoms with Crippen molar-refractivity contribution in [1.82, 2.24) is 10.3 Å². The van der Waals surface area contributed by atoms with Crippen molar-refractivity contribution in [3.8, 4) is 0 Å². The minimum atomic E-state index is -4.54. The van der Waals surface area contributed by atoms with Gasteiger partial charge < -0.3 is 10.6 Å². The van der Waals surface area contributed by atoms with Gasteiger partial charge in [0, 0.05) is 11.7 Å². The molecule has 0 atom stereocenters. The number of alkyl halides is 3. The lowest BCUT2D eigenvalue weighted by atomic mass is 10.2. The Kier molecular flexibility index (Phi) is 5.73. The highest BCUT2D eigenvalue weighted by molar-refractivity contribution is 6.31. The molecule has 0 saturated carbocycles. The van der Waals surface area contributed by atoms with E-state index in [-0.39, 0.29) is 16.8 Å². The van der Waals surface area contributed by atoms with Crippen molar-refractivity contribution in [3.05, 3.63) is 47.1 Å². The van der Waals surface area contributed by atoms with Crippen LogP contribution >= 0.6 is 11.6 Å². The summed E-state index contributed by atoms with van der Waals surface area (Å²) in [4.78, 5) is 15.6. The topological polar surface area (TPSA) is 66.1 Å². The van der Waals surface area contributed by atoms with E-state index in [0.29, 0.717) is 11.5 Å². The van der Waals surface area contributed by atoms with E-state index in [0.717, 1.165) is 6.07 Å². The normalized spacial score (nSPS) is 11.3. The van der Waals surface area contributed by atoms with Gasteiger partial charge in [-0.1, -0.05) is 11.6 Å². The van der Waals surface area contributed by atoms with Crippen molar-refractivity contribution in [2.24, 2.45) is 0 Å². The fourth-order valence-corrected chi connectivity index (χ4v) is 2.17. The van der Waals surface area contributed by atoms with E-state index in [1.165, 1.54) is 24.4 Å².